The Hall–Kier alpha value is -0.610. The molecule has 2 rings (SSSR count). The summed E-state index contributed by atoms with van der Waals surface area (Å²) in [6.45, 7) is 0. The van der Waals surface area contributed by atoms with Gasteiger partial charge in [0.25, 0.3) is 0 Å². The number of fused-ring (bicyclic) bond motifs is 1. The lowest BCUT2D eigenvalue weighted by Gasteiger charge is -1.96. The smallest absolute Gasteiger partial charge is 0.168 e. The fourth-order valence-corrected chi connectivity index (χ4v) is 1.58. The van der Waals surface area contributed by atoms with Crippen LogP contribution in [0.2, 0.25) is 5.02 Å². The molecule has 0 spiro atoms. The average molecular weight is 249 g/mol. The summed E-state index contributed by atoms with van der Waals surface area (Å²) in [5, 5.41) is 3.99. The molecule has 62 valence electrons. The van der Waals surface area contributed by atoms with Crippen LogP contribution in [0.15, 0.2) is 22.9 Å². The van der Waals surface area contributed by atoms with Gasteiger partial charge in [-0.1, -0.05) is 11.6 Å². The minimum Gasteiger partial charge on any atom is -0.237 e. The second-order valence-corrected chi connectivity index (χ2v) is 3.52. The maximum atomic E-state index is 13.3. The van der Waals surface area contributed by atoms with Gasteiger partial charge in [-0.15, -0.1) is 0 Å². The van der Waals surface area contributed by atoms with Crippen molar-refractivity contribution < 1.29 is 4.39 Å². The van der Waals surface area contributed by atoms with Gasteiger partial charge in [0.15, 0.2) is 5.82 Å². The van der Waals surface area contributed by atoms with Crippen molar-refractivity contribution in [2.45, 2.75) is 0 Å². The second kappa shape index (κ2) is 2.71. The zero-order valence-corrected chi connectivity index (χ0v) is 8.10. The lowest BCUT2D eigenvalue weighted by molar-refractivity contribution is 0.630. The molecule has 2 nitrogen and oxygen atoms in total. The van der Waals surface area contributed by atoms with E-state index in [1.165, 1.54) is 16.8 Å². The zero-order chi connectivity index (χ0) is 8.72. The van der Waals surface area contributed by atoms with Gasteiger partial charge in [-0.25, -0.2) is 8.91 Å². The van der Waals surface area contributed by atoms with Gasteiger partial charge in [-0.05, 0) is 22.0 Å². The van der Waals surface area contributed by atoms with Gasteiger partial charge in [-0.3, -0.25) is 0 Å². The number of nitrogens with zero attached hydrogens (tertiary/aromatic N) is 2. The first-order valence-electron chi connectivity index (χ1n) is 3.17. The van der Waals surface area contributed by atoms with E-state index in [0.29, 0.717) is 9.99 Å². The van der Waals surface area contributed by atoms with E-state index in [0.717, 1.165) is 0 Å². The van der Waals surface area contributed by atoms with Crippen LogP contribution in [-0.4, -0.2) is 9.61 Å². The van der Waals surface area contributed by atoms with Gasteiger partial charge in [0.05, 0.1) is 15.7 Å². The molecule has 0 aliphatic rings. The highest BCUT2D eigenvalue weighted by Gasteiger charge is 2.09. The molecule has 2 aromatic rings. The summed E-state index contributed by atoms with van der Waals surface area (Å²) in [5.74, 6) is -0.455. The van der Waals surface area contributed by atoms with Crippen LogP contribution in [0.3, 0.4) is 0 Å². The number of aromatic nitrogens is 2. The maximum absolute atomic E-state index is 13.3. The molecule has 0 saturated carbocycles. The minimum absolute atomic E-state index is 0.101. The highest BCUT2D eigenvalue weighted by atomic mass is 79.9. The summed E-state index contributed by atoms with van der Waals surface area (Å²) in [7, 11) is 0. The first-order valence-corrected chi connectivity index (χ1v) is 4.34. The standard InChI is InChI=1S/C7H3BrClFN2/c8-4-3-11-12-2-1-5(9)6(10)7(4)12/h1-3H. The first kappa shape index (κ1) is 8.01. The second-order valence-electron chi connectivity index (χ2n) is 2.26. The van der Waals surface area contributed by atoms with Gasteiger partial charge in [0.2, 0.25) is 0 Å². The Balaban J connectivity index is 2.96. The fraction of sp³-hybridized carbons (Fsp3) is 0. The molecule has 0 aliphatic carbocycles. The molecule has 0 aromatic carbocycles. The largest absolute Gasteiger partial charge is 0.237 e. The van der Waals surface area contributed by atoms with E-state index in [1.807, 2.05) is 0 Å². The quantitative estimate of drug-likeness (QED) is 0.702. The molecular formula is C7H3BrClFN2. The van der Waals surface area contributed by atoms with Crippen LogP contribution in [0.25, 0.3) is 5.52 Å². The number of hydrogen-bond acceptors (Lipinski definition) is 1. The lowest BCUT2D eigenvalue weighted by atomic mass is 10.4. The Morgan fingerprint density at radius 2 is 2.33 bits per heavy atom. The molecular weight excluding hydrogens is 246 g/mol. The summed E-state index contributed by atoms with van der Waals surface area (Å²) in [6.07, 6.45) is 3.13. The Morgan fingerprint density at radius 3 is 3.08 bits per heavy atom. The van der Waals surface area contributed by atoms with Crippen LogP contribution in [-0.2, 0) is 0 Å². The predicted octanol–water partition coefficient (Wildman–Crippen LogP) is 2.89. The maximum Gasteiger partial charge on any atom is 0.168 e. The highest BCUT2D eigenvalue weighted by molar-refractivity contribution is 9.10. The summed E-state index contributed by atoms with van der Waals surface area (Å²) >= 11 is 8.75. The molecule has 0 N–H and O–H groups in total. The summed E-state index contributed by atoms with van der Waals surface area (Å²) in [6, 6.07) is 1.46. The van der Waals surface area contributed by atoms with Crippen LogP contribution in [0.4, 0.5) is 4.39 Å². The summed E-state index contributed by atoms with van der Waals surface area (Å²) in [4.78, 5) is 0. The molecule has 2 aromatic heterocycles. The Kier molecular flexibility index (Phi) is 1.81. The van der Waals surface area contributed by atoms with Gasteiger partial charge in [0, 0.05) is 6.20 Å². The van der Waals surface area contributed by atoms with Crippen LogP contribution in [0, 0.1) is 5.82 Å². The molecule has 2 heterocycles. The summed E-state index contributed by atoms with van der Waals surface area (Å²) in [5.41, 5.74) is 0.363. The number of hydrogen-bond donors (Lipinski definition) is 0. The molecule has 0 aliphatic heterocycles. The minimum atomic E-state index is -0.455. The summed E-state index contributed by atoms with van der Waals surface area (Å²) < 4.78 is 15.3. The Morgan fingerprint density at radius 1 is 1.58 bits per heavy atom. The van der Waals surface area contributed by atoms with Gasteiger partial charge in [0.1, 0.15) is 5.52 Å². The van der Waals surface area contributed by atoms with E-state index in [4.69, 9.17) is 11.6 Å². The first-order chi connectivity index (χ1) is 5.70. The Labute approximate surface area is 81.1 Å². The van der Waals surface area contributed by atoms with E-state index in [-0.39, 0.29) is 5.02 Å². The van der Waals surface area contributed by atoms with Crippen molar-refractivity contribution in [3.63, 3.8) is 0 Å². The van der Waals surface area contributed by atoms with Crippen molar-refractivity contribution in [3.05, 3.63) is 33.8 Å². The van der Waals surface area contributed by atoms with Crippen molar-refractivity contribution in [1.82, 2.24) is 9.61 Å². The lowest BCUT2D eigenvalue weighted by Crippen LogP contribution is -1.89. The van der Waals surface area contributed by atoms with E-state index < -0.39 is 5.82 Å². The third-order valence-corrected chi connectivity index (χ3v) is 2.40. The molecule has 0 saturated heterocycles. The van der Waals surface area contributed by atoms with Crippen LogP contribution in [0.1, 0.15) is 0 Å². The Bertz CT molecular complexity index is 440. The zero-order valence-electron chi connectivity index (χ0n) is 5.76. The van der Waals surface area contributed by atoms with Crippen LogP contribution >= 0.6 is 27.5 Å². The van der Waals surface area contributed by atoms with Gasteiger partial charge in [-0.2, -0.15) is 5.10 Å². The van der Waals surface area contributed by atoms with Crippen molar-refractivity contribution in [2.75, 3.05) is 0 Å². The van der Waals surface area contributed by atoms with Crippen LogP contribution < -0.4 is 0 Å². The highest BCUT2D eigenvalue weighted by Crippen LogP contribution is 2.24. The fourth-order valence-electron chi connectivity index (χ4n) is 0.982. The van der Waals surface area contributed by atoms with Crippen molar-refractivity contribution in [3.8, 4) is 0 Å². The van der Waals surface area contributed by atoms with Gasteiger partial charge >= 0.3 is 0 Å². The SMILES string of the molecule is Fc1c(Cl)ccn2ncc(Br)c12. The predicted molar refractivity (Wildman–Crippen MR) is 47.9 cm³/mol. The van der Waals surface area contributed by atoms with E-state index >= 15 is 0 Å². The molecule has 12 heavy (non-hydrogen) atoms. The van der Waals surface area contributed by atoms with Crippen molar-refractivity contribution in [1.29, 1.82) is 0 Å². The molecule has 5 heteroatoms. The van der Waals surface area contributed by atoms with E-state index in [9.17, 15) is 4.39 Å². The molecule has 0 fully saturated rings. The van der Waals surface area contributed by atoms with Crippen molar-refractivity contribution >= 4 is 33.0 Å². The number of rotatable bonds is 0. The van der Waals surface area contributed by atoms with Crippen LogP contribution in [0.5, 0.6) is 0 Å². The van der Waals surface area contributed by atoms with Gasteiger partial charge < -0.3 is 0 Å². The molecule has 0 bridgehead atoms. The van der Waals surface area contributed by atoms with E-state index in [1.54, 1.807) is 6.20 Å². The average Bonchev–Trinajstić information content (AvgIpc) is 2.41. The molecule has 0 amide bonds. The molecule has 0 unspecified atom stereocenters. The monoisotopic (exact) mass is 248 g/mol. The molecule has 0 radical (unpaired) electrons. The number of halogens is 3. The molecule has 0 atom stereocenters. The third-order valence-electron chi connectivity index (χ3n) is 1.53. The third kappa shape index (κ3) is 1.03. The van der Waals surface area contributed by atoms with Crippen molar-refractivity contribution in [2.24, 2.45) is 0 Å². The van der Waals surface area contributed by atoms with E-state index in [2.05, 4.69) is 21.0 Å². The topological polar surface area (TPSA) is 17.3 Å². The number of pyridine rings is 1. The normalized spacial score (nSPS) is 10.9.